The van der Waals surface area contributed by atoms with Gasteiger partial charge in [0.1, 0.15) is 0 Å². The second-order valence-electron chi connectivity index (χ2n) is 3.66. The zero-order valence-corrected chi connectivity index (χ0v) is 9.47. The van der Waals surface area contributed by atoms with Crippen LogP contribution in [0.3, 0.4) is 0 Å². The van der Waals surface area contributed by atoms with E-state index in [1.807, 2.05) is 0 Å². The van der Waals surface area contributed by atoms with Crippen LogP contribution in [0.15, 0.2) is 23.8 Å². The molecule has 0 bridgehead atoms. The Labute approximate surface area is 83.7 Å². The lowest BCUT2D eigenvalue weighted by Crippen LogP contribution is -1.74. The smallest absolute Gasteiger partial charge is 0.0142 e. The minimum absolute atomic E-state index is 1.13. The molecule has 0 heteroatoms. The summed E-state index contributed by atoms with van der Waals surface area (Å²) in [5.41, 5.74) is 1.46. The number of hydrogen-bond acceptors (Lipinski definition) is 0. The summed E-state index contributed by atoms with van der Waals surface area (Å²) in [7, 11) is 0. The molecule has 13 heavy (non-hydrogen) atoms. The molecule has 0 saturated heterocycles. The van der Waals surface area contributed by atoms with Crippen LogP contribution in [0, 0.1) is 0 Å². The molecule has 0 nitrogen and oxygen atoms in total. The highest BCUT2D eigenvalue weighted by molar-refractivity contribution is 5.02. The summed E-state index contributed by atoms with van der Waals surface area (Å²) >= 11 is 0. The van der Waals surface area contributed by atoms with Crippen molar-refractivity contribution >= 4 is 0 Å². The number of allylic oxidation sites excluding steroid dienone is 4. The van der Waals surface area contributed by atoms with Gasteiger partial charge in [-0.25, -0.2) is 0 Å². The molecule has 76 valence electrons. The van der Waals surface area contributed by atoms with Gasteiger partial charge >= 0.3 is 0 Å². The average molecular weight is 180 g/mol. The van der Waals surface area contributed by atoms with Gasteiger partial charge in [0.05, 0.1) is 0 Å². The quantitative estimate of drug-likeness (QED) is 0.387. The highest BCUT2D eigenvalue weighted by Crippen LogP contribution is 2.05. The Balaban J connectivity index is 3.22. The first-order valence-corrected chi connectivity index (χ1v) is 5.58. The lowest BCUT2D eigenvalue weighted by molar-refractivity contribution is 0.674. The molecule has 0 aliphatic heterocycles. The van der Waals surface area contributed by atoms with E-state index in [1.165, 1.54) is 37.7 Å². The van der Waals surface area contributed by atoms with Crippen molar-refractivity contribution in [3.05, 3.63) is 23.8 Å². The maximum absolute atomic E-state index is 2.32. The summed E-state index contributed by atoms with van der Waals surface area (Å²) < 4.78 is 0. The predicted octanol–water partition coefficient (Wildman–Crippen LogP) is 4.87. The van der Waals surface area contributed by atoms with Gasteiger partial charge in [-0.3, -0.25) is 0 Å². The van der Waals surface area contributed by atoms with Gasteiger partial charge in [0.15, 0.2) is 0 Å². The van der Waals surface area contributed by atoms with Crippen molar-refractivity contribution < 1.29 is 0 Å². The lowest BCUT2D eigenvalue weighted by Gasteiger charge is -1.95. The van der Waals surface area contributed by atoms with Crippen molar-refractivity contribution in [2.45, 2.75) is 59.3 Å². The van der Waals surface area contributed by atoms with Gasteiger partial charge < -0.3 is 0 Å². The maximum atomic E-state index is 2.32. The molecular formula is C13H24. The molecule has 0 amide bonds. The Bertz CT molecular complexity index is 151. The van der Waals surface area contributed by atoms with Crippen LogP contribution < -0.4 is 0 Å². The first-order chi connectivity index (χ1) is 6.31. The molecule has 0 atom stereocenters. The molecule has 0 fully saturated rings. The van der Waals surface area contributed by atoms with E-state index in [2.05, 4.69) is 39.0 Å². The van der Waals surface area contributed by atoms with Crippen molar-refractivity contribution in [1.29, 1.82) is 0 Å². The van der Waals surface area contributed by atoms with Crippen LogP contribution in [0.5, 0.6) is 0 Å². The molecule has 0 aliphatic carbocycles. The van der Waals surface area contributed by atoms with Gasteiger partial charge in [0.2, 0.25) is 0 Å². The molecule has 0 N–H and O–H groups in total. The number of hydrogen-bond donors (Lipinski definition) is 0. The van der Waals surface area contributed by atoms with Crippen molar-refractivity contribution in [3.8, 4) is 0 Å². The van der Waals surface area contributed by atoms with Crippen molar-refractivity contribution in [3.63, 3.8) is 0 Å². The Morgan fingerprint density at radius 1 is 1.08 bits per heavy atom. The summed E-state index contributed by atoms with van der Waals surface area (Å²) in [6.45, 7) is 6.54. The van der Waals surface area contributed by atoms with Crippen LogP contribution in [0.4, 0.5) is 0 Å². The van der Waals surface area contributed by atoms with Crippen LogP contribution >= 0.6 is 0 Å². The molecule has 0 saturated carbocycles. The van der Waals surface area contributed by atoms with Gasteiger partial charge in [-0.05, 0) is 33.1 Å². The molecule has 0 unspecified atom stereocenters. The monoisotopic (exact) mass is 180 g/mol. The summed E-state index contributed by atoms with van der Waals surface area (Å²) in [6, 6.07) is 0. The van der Waals surface area contributed by atoms with Gasteiger partial charge in [-0.15, -0.1) is 0 Å². The van der Waals surface area contributed by atoms with Crippen molar-refractivity contribution in [2.75, 3.05) is 0 Å². The normalized spacial score (nSPS) is 12.7. The molecule has 0 spiro atoms. The van der Waals surface area contributed by atoms with Crippen LogP contribution in [0.25, 0.3) is 0 Å². The fraction of sp³-hybridized carbons (Fsp3) is 0.692. The highest BCUT2D eigenvalue weighted by atomic mass is 13.9. The first-order valence-electron chi connectivity index (χ1n) is 5.58. The molecule has 0 aromatic carbocycles. The molecule has 0 rings (SSSR count). The molecule has 0 aliphatic rings. The summed E-state index contributed by atoms with van der Waals surface area (Å²) in [5, 5.41) is 0. The number of unbranched alkanes of at least 4 members (excludes halogenated alkanes) is 4. The van der Waals surface area contributed by atoms with Gasteiger partial charge in [-0.2, -0.15) is 0 Å². The SMILES string of the molecule is C/C=C(\C)C/C=C/CCCCCC. The Morgan fingerprint density at radius 3 is 2.46 bits per heavy atom. The zero-order chi connectivity index (χ0) is 9.94. The highest BCUT2D eigenvalue weighted by Gasteiger charge is 1.85. The van der Waals surface area contributed by atoms with E-state index >= 15 is 0 Å². The second-order valence-corrected chi connectivity index (χ2v) is 3.66. The Hall–Kier alpha value is -0.520. The largest absolute Gasteiger partial charge is 0.0884 e. The summed E-state index contributed by atoms with van der Waals surface area (Å²) in [4.78, 5) is 0. The van der Waals surface area contributed by atoms with Crippen molar-refractivity contribution in [2.24, 2.45) is 0 Å². The van der Waals surface area contributed by atoms with E-state index in [0.717, 1.165) is 6.42 Å². The van der Waals surface area contributed by atoms with Crippen molar-refractivity contribution in [1.82, 2.24) is 0 Å². The standard InChI is InChI=1S/C13H24/c1-4-6-7-8-9-10-11-12-13(3)5-2/h5,10-11H,4,6-9,12H2,1-3H3/b11-10+,13-5+. The molecule has 0 heterocycles. The fourth-order valence-corrected chi connectivity index (χ4v) is 1.19. The molecule has 0 radical (unpaired) electrons. The number of rotatable bonds is 7. The first kappa shape index (κ1) is 12.5. The van der Waals surface area contributed by atoms with E-state index < -0.39 is 0 Å². The van der Waals surface area contributed by atoms with Crippen LogP contribution in [-0.4, -0.2) is 0 Å². The summed E-state index contributed by atoms with van der Waals surface area (Å²) in [5.74, 6) is 0. The van der Waals surface area contributed by atoms with Crippen LogP contribution in [0.2, 0.25) is 0 Å². The lowest BCUT2D eigenvalue weighted by atomic mass is 10.1. The Kier molecular flexibility index (Phi) is 9.18. The van der Waals surface area contributed by atoms with Crippen LogP contribution in [-0.2, 0) is 0 Å². The third kappa shape index (κ3) is 9.39. The molecular weight excluding hydrogens is 156 g/mol. The third-order valence-corrected chi connectivity index (χ3v) is 2.32. The topological polar surface area (TPSA) is 0 Å². The predicted molar refractivity (Wildman–Crippen MR) is 61.9 cm³/mol. The Morgan fingerprint density at radius 2 is 1.85 bits per heavy atom. The van der Waals surface area contributed by atoms with E-state index in [1.54, 1.807) is 0 Å². The minimum Gasteiger partial charge on any atom is -0.0884 e. The second kappa shape index (κ2) is 9.57. The molecule has 0 aromatic heterocycles. The fourth-order valence-electron chi connectivity index (χ4n) is 1.19. The average Bonchev–Trinajstić information content (AvgIpc) is 2.16. The van der Waals surface area contributed by atoms with Crippen LogP contribution in [0.1, 0.15) is 59.3 Å². The molecule has 0 aromatic rings. The van der Waals surface area contributed by atoms with E-state index in [9.17, 15) is 0 Å². The van der Waals surface area contributed by atoms with Gasteiger partial charge in [0, 0.05) is 0 Å². The van der Waals surface area contributed by atoms with E-state index in [-0.39, 0.29) is 0 Å². The third-order valence-electron chi connectivity index (χ3n) is 2.32. The van der Waals surface area contributed by atoms with Gasteiger partial charge in [-0.1, -0.05) is 50.0 Å². The van der Waals surface area contributed by atoms with E-state index in [0.29, 0.717) is 0 Å². The maximum Gasteiger partial charge on any atom is -0.0142 e. The zero-order valence-electron chi connectivity index (χ0n) is 9.47. The van der Waals surface area contributed by atoms with E-state index in [4.69, 9.17) is 0 Å². The summed E-state index contributed by atoms with van der Waals surface area (Å²) in [6.07, 6.45) is 14.7. The van der Waals surface area contributed by atoms with Gasteiger partial charge in [0.25, 0.3) is 0 Å². The minimum atomic E-state index is 1.13.